The molecule has 0 amide bonds. The Morgan fingerprint density at radius 1 is 1.27 bits per heavy atom. The molecule has 152 valence electrons. The van der Waals surface area contributed by atoms with Gasteiger partial charge in [-0.1, -0.05) is 42.5 Å². The van der Waals surface area contributed by atoms with Crippen LogP contribution in [-0.2, 0) is 17.7 Å². The summed E-state index contributed by atoms with van der Waals surface area (Å²) in [5.41, 5.74) is 0.356. The smallest absolute Gasteiger partial charge is 0.271 e. The van der Waals surface area contributed by atoms with E-state index in [1.165, 1.54) is 6.92 Å². The molecule has 4 rings (SSSR count). The van der Waals surface area contributed by atoms with Crippen molar-refractivity contribution in [1.82, 2.24) is 4.57 Å². The molecule has 0 saturated carbocycles. The van der Waals surface area contributed by atoms with Gasteiger partial charge in [-0.25, -0.2) is 0 Å². The third kappa shape index (κ3) is 3.49. The molecule has 1 aliphatic heterocycles. The Morgan fingerprint density at radius 3 is 2.77 bits per heavy atom. The molecule has 2 aromatic carbocycles. The molecule has 1 aliphatic rings. The van der Waals surface area contributed by atoms with Crippen molar-refractivity contribution in [3.05, 3.63) is 75.1 Å². The highest BCUT2D eigenvalue weighted by Crippen LogP contribution is 2.27. The van der Waals surface area contributed by atoms with Gasteiger partial charge in [0.1, 0.15) is 11.6 Å². The van der Waals surface area contributed by atoms with E-state index in [0.717, 1.165) is 33.7 Å². The minimum absolute atomic E-state index is 0.0251. The van der Waals surface area contributed by atoms with Crippen LogP contribution in [0.4, 0.5) is 0 Å². The largest absolute Gasteiger partial charge is 0.494 e. The van der Waals surface area contributed by atoms with E-state index >= 15 is 0 Å². The molecule has 0 aliphatic carbocycles. The van der Waals surface area contributed by atoms with Gasteiger partial charge in [-0.05, 0) is 41.7 Å². The van der Waals surface area contributed by atoms with Crippen molar-refractivity contribution in [1.29, 1.82) is 5.26 Å². The number of nitriles is 1. The normalized spacial score (nSPS) is 15.9. The van der Waals surface area contributed by atoms with Crippen LogP contribution in [-0.4, -0.2) is 28.2 Å². The molecule has 2 heterocycles. The van der Waals surface area contributed by atoms with Crippen molar-refractivity contribution in [2.24, 2.45) is 0 Å². The van der Waals surface area contributed by atoms with Crippen molar-refractivity contribution < 1.29 is 14.6 Å². The fourth-order valence-corrected chi connectivity index (χ4v) is 4.15. The number of ketones is 1. The number of fused-ring (bicyclic) bond motifs is 1. The lowest BCUT2D eigenvalue weighted by Crippen LogP contribution is -2.30. The first kappa shape index (κ1) is 19.9. The minimum Gasteiger partial charge on any atom is -0.494 e. The van der Waals surface area contributed by atoms with E-state index in [9.17, 15) is 20.0 Å². The third-order valence-electron chi connectivity index (χ3n) is 5.72. The SMILES string of the molecule is Cc1c(C(=O)Cc2cccc3ccccc23)c(O)n(CC2CCCO2)c(=O)c1C#N. The van der Waals surface area contributed by atoms with Crippen molar-refractivity contribution in [3.63, 3.8) is 0 Å². The zero-order valence-corrected chi connectivity index (χ0v) is 16.7. The predicted molar refractivity (Wildman–Crippen MR) is 113 cm³/mol. The first-order valence-corrected chi connectivity index (χ1v) is 9.99. The predicted octanol–water partition coefficient (Wildman–Crippen LogP) is 3.49. The summed E-state index contributed by atoms with van der Waals surface area (Å²) >= 11 is 0. The number of benzene rings is 2. The van der Waals surface area contributed by atoms with Gasteiger partial charge >= 0.3 is 0 Å². The van der Waals surface area contributed by atoms with E-state index in [1.807, 2.05) is 48.5 Å². The Kier molecular flexibility index (Phi) is 5.39. The van der Waals surface area contributed by atoms with Crippen LogP contribution >= 0.6 is 0 Å². The maximum absolute atomic E-state index is 13.3. The fraction of sp³-hybridized carbons (Fsp3) is 0.292. The van der Waals surface area contributed by atoms with E-state index in [0.29, 0.717) is 6.61 Å². The Morgan fingerprint density at radius 2 is 2.03 bits per heavy atom. The van der Waals surface area contributed by atoms with Crippen molar-refractivity contribution in [3.8, 4) is 11.9 Å². The fourth-order valence-electron chi connectivity index (χ4n) is 4.15. The highest BCUT2D eigenvalue weighted by Gasteiger charge is 2.26. The maximum atomic E-state index is 13.3. The molecule has 6 nitrogen and oxygen atoms in total. The second-order valence-corrected chi connectivity index (χ2v) is 7.60. The maximum Gasteiger partial charge on any atom is 0.271 e. The highest BCUT2D eigenvalue weighted by atomic mass is 16.5. The molecule has 0 radical (unpaired) electrons. The van der Waals surface area contributed by atoms with E-state index < -0.39 is 11.4 Å². The molecular weight excluding hydrogens is 380 g/mol. The lowest BCUT2D eigenvalue weighted by molar-refractivity contribution is 0.0923. The number of carbonyl (C=O) groups is 1. The number of ether oxygens (including phenoxy) is 1. The van der Waals surface area contributed by atoms with Gasteiger partial charge in [-0.2, -0.15) is 5.26 Å². The number of rotatable bonds is 5. The van der Waals surface area contributed by atoms with Gasteiger partial charge in [0.15, 0.2) is 5.78 Å². The summed E-state index contributed by atoms with van der Waals surface area (Å²) in [5, 5.41) is 22.4. The van der Waals surface area contributed by atoms with Gasteiger partial charge in [-0.3, -0.25) is 14.2 Å². The van der Waals surface area contributed by atoms with E-state index in [-0.39, 0.29) is 41.5 Å². The molecule has 3 aromatic rings. The summed E-state index contributed by atoms with van der Waals surface area (Å²) in [5.74, 6) is -0.726. The van der Waals surface area contributed by atoms with Crippen LogP contribution in [0, 0.1) is 18.3 Å². The molecule has 1 unspecified atom stereocenters. The van der Waals surface area contributed by atoms with Gasteiger partial charge in [0.25, 0.3) is 5.56 Å². The Bertz CT molecular complexity index is 1230. The molecule has 30 heavy (non-hydrogen) atoms. The molecule has 0 bridgehead atoms. The van der Waals surface area contributed by atoms with Crippen molar-refractivity contribution >= 4 is 16.6 Å². The standard InChI is InChI=1S/C24H22N2O4/c1-15-20(13-25)23(28)26(14-18-9-5-11-30-18)24(29)22(15)21(27)12-17-8-4-7-16-6-2-3-10-19(16)17/h2-4,6-8,10,18,29H,5,9,11-12,14H2,1H3. The first-order valence-electron chi connectivity index (χ1n) is 9.99. The summed E-state index contributed by atoms with van der Waals surface area (Å²) in [4.78, 5) is 26.0. The highest BCUT2D eigenvalue weighted by molar-refractivity contribution is 6.03. The Labute approximate surface area is 174 Å². The summed E-state index contributed by atoms with van der Waals surface area (Å²) < 4.78 is 6.69. The lowest BCUT2D eigenvalue weighted by atomic mass is 9.94. The van der Waals surface area contributed by atoms with Crippen LogP contribution in [0.3, 0.4) is 0 Å². The number of aromatic nitrogens is 1. The summed E-state index contributed by atoms with van der Waals surface area (Å²) in [7, 11) is 0. The second-order valence-electron chi connectivity index (χ2n) is 7.60. The summed E-state index contributed by atoms with van der Waals surface area (Å²) in [6.07, 6.45) is 1.48. The van der Waals surface area contributed by atoms with E-state index in [2.05, 4.69) is 0 Å². The zero-order valence-electron chi connectivity index (χ0n) is 16.7. The van der Waals surface area contributed by atoms with Crippen molar-refractivity contribution in [2.75, 3.05) is 6.61 Å². The first-order chi connectivity index (χ1) is 14.5. The molecule has 1 N–H and O–H groups in total. The number of nitrogens with zero attached hydrogens (tertiary/aromatic N) is 2. The van der Waals surface area contributed by atoms with Crippen molar-refractivity contribution in [2.45, 2.75) is 38.8 Å². The van der Waals surface area contributed by atoms with E-state index in [4.69, 9.17) is 4.74 Å². The van der Waals surface area contributed by atoms with Gasteiger partial charge in [0, 0.05) is 13.0 Å². The molecule has 0 spiro atoms. The number of hydrogen-bond donors (Lipinski definition) is 1. The van der Waals surface area contributed by atoms with Gasteiger partial charge < -0.3 is 9.84 Å². The molecule has 1 aromatic heterocycles. The molecule has 6 heteroatoms. The van der Waals surface area contributed by atoms with Gasteiger partial charge in [0.05, 0.1) is 18.2 Å². The number of pyridine rings is 1. The average molecular weight is 402 g/mol. The number of carbonyl (C=O) groups excluding carboxylic acids is 1. The van der Waals surface area contributed by atoms with Crippen LogP contribution in [0.15, 0.2) is 47.3 Å². The lowest BCUT2D eigenvalue weighted by Gasteiger charge is -2.18. The minimum atomic E-state index is -0.593. The molecule has 1 atom stereocenters. The second kappa shape index (κ2) is 8.13. The number of Topliss-reactive ketones (excluding diaryl/α,β-unsaturated/α-hetero) is 1. The Balaban J connectivity index is 1.78. The van der Waals surface area contributed by atoms with Crippen LogP contribution in [0.2, 0.25) is 0 Å². The van der Waals surface area contributed by atoms with Crippen LogP contribution in [0.5, 0.6) is 5.88 Å². The third-order valence-corrected chi connectivity index (χ3v) is 5.72. The Hall–Kier alpha value is -3.43. The average Bonchev–Trinajstić information content (AvgIpc) is 3.25. The number of hydrogen-bond acceptors (Lipinski definition) is 5. The molecule has 1 saturated heterocycles. The van der Waals surface area contributed by atoms with Crippen LogP contribution < -0.4 is 5.56 Å². The number of aromatic hydroxyl groups is 1. The van der Waals surface area contributed by atoms with Gasteiger partial charge in [0.2, 0.25) is 5.88 Å². The van der Waals surface area contributed by atoms with Gasteiger partial charge in [-0.15, -0.1) is 0 Å². The molecular formula is C24H22N2O4. The van der Waals surface area contributed by atoms with E-state index in [1.54, 1.807) is 0 Å². The van der Waals surface area contributed by atoms with Crippen LogP contribution in [0.25, 0.3) is 10.8 Å². The quantitative estimate of drug-likeness (QED) is 0.660. The monoisotopic (exact) mass is 402 g/mol. The topological polar surface area (TPSA) is 92.3 Å². The summed E-state index contributed by atoms with van der Waals surface area (Å²) in [6, 6.07) is 15.4. The summed E-state index contributed by atoms with van der Waals surface area (Å²) in [6.45, 7) is 2.25. The molecule has 1 fully saturated rings. The zero-order chi connectivity index (χ0) is 21.3. The van der Waals surface area contributed by atoms with Crippen LogP contribution in [0.1, 0.15) is 39.9 Å².